The molecule has 2 aromatic carbocycles. The molecule has 34 heavy (non-hydrogen) atoms. The minimum absolute atomic E-state index is 0.0426. The fourth-order valence-corrected chi connectivity index (χ4v) is 3.87. The van der Waals surface area contributed by atoms with E-state index >= 15 is 0 Å². The average molecular weight is 474 g/mol. The van der Waals surface area contributed by atoms with Gasteiger partial charge in [-0.2, -0.15) is 0 Å². The number of rotatable bonds is 8. The van der Waals surface area contributed by atoms with Gasteiger partial charge in [-0.1, -0.05) is 0 Å². The summed E-state index contributed by atoms with van der Waals surface area (Å²) >= 11 is 0. The van der Waals surface area contributed by atoms with Crippen molar-refractivity contribution in [1.29, 1.82) is 0 Å². The number of nitrogens with one attached hydrogen (secondary N) is 1. The van der Waals surface area contributed by atoms with Gasteiger partial charge in [-0.15, -0.1) is 0 Å². The van der Waals surface area contributed by atoms with Crippen molar-refractivity contribution in [3.63, 3.8) is 0 Å². The van der Waals surface area contributed by atoms with E-state index in [0.717, 1.165) is 25.0 Å². The molecule has 2 aliphatic heterocycles. The molecule has 0 bridgehead atoms. The number of carbonyl (C=O) groups excluding carboxylic acids is 3. The topological polar surface area (TPSA) is 94.2 Å². The SMILES string of the molecule is C[C@H](C(=O)NC[C@@H]1CCCO1)N1C(=O)COc2ccc(C(=O)COc3ccc(F)cc3F)cc21. The maximum Gasteiger partial charge on any atom is 0.265 e. The van der Waals surface area contributed by atoms with Crippen molar-refractivity contribution in [2.24, 2.45) is 0 Å². The Morgan fingerprint density at radius 1 is 1.24 bits per heavy atom. The van der Waals surface area contributed by atoms with E-state index in [1.165, 1.54) is 23.1 Å². The first-order valence-electron chi connectivity index (χ1n) is 10.9. The number of carbonyl (C=O) groups is 3. The van der Waals surface area contributed by atoms with Gasteiger partial charge in [0.15, 0.2) is 30.6 Å². The van der Waals surface area contributed by atoms with E-state index in [4.69, 9.17) is 14.2 Å². The van der Waals surface area contributed by atoms with Gasteiger partial charge in [0.1, 0.15) is 17.6 Å². The number of anilines is 1. The third kappa shape index (κ3) is 5.17. The highest BCUT2D eigenvalue weighted by atomic mass is 19.1. The molecule has 1 saturated heterocycles. The first kappa shape index (κ1) is 23.6. The summed E-state index contributed by atoms with van der Waals surface area (Å²) in [6, 6.07) is 6.36. The summed E-state index contributed by atoms with van der Waals surface area (Å²) < 4.78 is 43.0. The van der Waals surface area contributed by atoms with Gasteiger partial charge in [-0.25, -0.2) is 8.78 Å². The van der Waals surface area contributed by atoms with E-state index in [0.29, 0.717) is 25.0 Å². The van der Waals surface area contributed by atoms with E-state index in [1.54, 1.807) is 6.92 Å². The van der Waals surface area contributed by atoms with Crippen LogP contribution in [0.3, 0.4) is 0 Å². The zero-order valence-electron chi connectivity index (χ0n) is 18.5. The molecular formula is C24H24F2N2O6. The summed E-state index contributed by atoms with van der Waals surface area (Å²) in [5.74, 6) is -2.88. The molecule has 0 aromatic heterocycles. The lowest BCUT2D eigenvalue weighted by Gasteiger charge is -2.33. The maximum absolute atomic E-state index is 13.8. The molecule has 180 valence electrons. The van der Waals surface area contributed by atoms with Crippen LogP contribution in [-0.4, -0.2) is 56.1 Å². The zero-order valence-corrected chi connectivity index (χ0v) is 18.5. The second kappa shape index (κ2) is 10.2. The second-order valence-corrected chi connectivity index (χ2v) is 8.08. The molecule has 0 radical (unpaired) electrons. The van der Waals surface area contributed by atoms with Gasteiger partial charge in [0.25, 0.3) is 5.91 Å². The molecule has 2 atom stereocenters. The molecule has 1 fully saturated rings. The molecule has 1 N–H and O–H groups in total. The standard InChI is InChI=1S/C24H24F2N2O6/c1-14(24(31)27-11-17-3-2-8-32-17)28-19-9-15(4-6-22(19)34-13-23(28)30)20(29)12-33-21-7-5-16(25)10-18(21)26/h4-7,9-10,14,17H,2-3,8,11-13H2,1H3,(H,27,31)/t14-,17+/m1/s1. The average Bonchev–Trinajstić information content (AvgIpc) is 3.34. The van der Waals surface area contributed by atoms with E-state index in [1.807, 2.05) is 0 Å². The number of benzene rings is 2. The first-order valence-corrected chi connectivity index (χ1v) is 10.9. The Hall–Kier alpha value is -3.53. The number of hydrogen-bond donors (Lipinski definition) is 1. The molecule has 0 spiro atoms. The second-order valence-electron chi connectivity index (χ2n) is 8.08. The van der Waals surface area contributed by atoms with Crippen LogP contribution in [0.25, 0.3) is 0 Å². The molecule has 2 aliphatic rings. The van der Waals surface area contributed by atoms with Crippen molar-refractivity contribution in [2.75, 3.05) is 31.3 Å². The lowest BCUT2D eigenvalue weighted by Crippen LogP contribution is -2.52. The van der Waals surface area contributed by atoms with Crippen LogP contribution in [0.5, 0.6) is 11.5 Å². The van der Waals surface area contributed by atoms with Crippen LogP contribution in [0.4, 0.5) is 14.5 Å². The van der Waals surface area contributed by atoms with Gasteiger partial charge in [-0.05, 0) is 50.1 Å². The number of halogens is 2. The monoisotopic (exact) mass is 474 g/mol. The Morgan fingerprint density at radius 3 is 2.79 bits per heavy atom. The third-order valence-electron chi connectivity index (χ3n) is 5.71. The van der Waals surface area contributed by atoms with Crippen LogP contribution in [0.2, 0.25) is 0 Å². The fourth-order valence-electron chi connectivity index (χ4n) is 3.87. The molecule has 0 unspecified atom stereocenters. The molecule has 0 saturated carbocycles. The molecule has 4 rings (SSSR count). The summed E-state index contributed by atoms with van der Waals surface area (Å²) in [5.41, 5.74) is 0.450. The highest BCUT2D eigenvalue weighted by Crippen LogP contribution is 2.34. The van der Waals surface area contributed by atoms with E-state index in [2.05, 4.69) is 5.32 Å². The van der Waals surface area contributed by atoms with Crippen LogP contribution in [0.15, 0.2) is 36.4 Å². The Labute approximate surface area is 194 Å². The van der Waals surface area contributed by atoms with Gasteiger partial charge in [0, 0.05) is 24.8 Å². The molecule has 8 nitrogen and oxygen atoms in total. The number of fused-ring (bicyclic) bond motifs is 1. The van der Waals surface area contributed by atoms with Crippen LogP contribution in [0, 0.1) is 11.6 Å². The summed E-state index contributed by atoms with van der Waals surface area (Å²) in [5, 5.41) is 2.81. The first-order chi connectivity index (χ1) is 16.3. The van der Waals surface area contributed by atoms with Crippen LogP contribution < -0.4 is 19.7 Å². The van der Waals surface area contributed by atoms with Crippen molar-refractivity contribution >= 4 is 23.3 Å². The van der Waals surface area contributed by atoms with Gasteiger partial charge in [-0.3, -0.25) is 19.3 Å². The van der Waals surface area contributed by atoms with Crippen LogP contribution in [-0.2, 0) is 14.3 Å². The fraction of sp³-hybridized carbons (Fsp3) is 0.375. The van der Waals surface area contributed by atoms with Crippen LogP contribution in [0.1, 0.15) is 30.1 Å². The molecule has 2 heterocycles. The van der Waals surface area contributed by atoms with Crippen molar-refractivity contribution in [3.05, 3.63) is 53.6 Å². The van der Waals surface area contributed by atoms with Gasteiger partial charge in [0.05, 0.1) is 11.8 Å². The summed E-state index contributed by atoms with van der Waals surface area (Å²) in [4.78, 5) is 39.3. The molecule has 2 aromatic rings. The normalized spacial score (nSPS) is 18.1. The lowest BCUT2D eigenvalue weighted by atomic mass is 10.1. The largest absolute Gasteiger partial charge is 0.482 e. The van der Waals surface area contributed by atoms with Gasteiger partial charge in [0.2, 0.25) is 5.91 Å². The van der Waals surface area contributed by atoms with Crippen molar-refractivity contribution in [2.45, 2.75) is 31.9 Å². The smallest absolute Gasteiger partial charge is 0.265 e. The third-order valence-corrected chi connectivity index (χ3v) is 5.71. The van der Waals surface area contributed by atoms with Crippen molar-refractivity contribution < 1.29 is 37.4 Å². The van der Waals surface area contributed by atoms with Gasteiger partial charge >= 0.3 is 0 Å². The summed E-state index contributed by atoms with van der Waals surface area (Å²) in [6.45, 7) is 1.86. The van der Waals surface area contributed by atoms with Gasteiger partial charge < -0.3 is 19.5 Å². The van der Waals surface area contributed by atoms with Crippen LogP contribution >= 0.6 is 0 Å². The van der Waals surface area contributed by atoms with E-state index in [-0.39, 0.29) is 35.6 Å². The van der Waals surface area contributed by atoms with E-state index < -0.39 is 36.0 Å². The Balaban J connectivity index is 1.47. The molecular weight excluding hydrogens is 450 g/mol. The number of amides is 2. The minimum Gasteiger partial charge on any atom is -0.482 e. The molecule has 0 aliphatic carbocycles. The van der Waals surface area contributed by atoms with E-state index in [9.17, 15) is 23.2 Å². The Bertz CT molecular complexity index is 1100. The Morgan fingerprint density at radius 2 is 2.06 bits per heavy atom. The highest BCUT2D eigenvalue weighted by molar-refractivity contribution is 6.05. The van der Waals surface area contributed by atoms with Crippen molar-refractivity contribution in [1.82, 2.24) is 5.32 Å². The quantitative estimate of drug-likeness (QED) is 0.592. The predicted octanol–water partition coefficient (Wildman–Crippen LogP) is 2.64. The maximum atomic E-state index is 13.8. The predicted molar refractivity (Wildman–Crippen MR) is 117 cm³/mol. The summed E-state index contributed by atoms with van der Waals surface area (Å²) in [6.07, 6.45) is 1.77. The summed E-state index contributed by atoms with van der Waals surface area (Å²) in [7, 11) is 0. The number of ketones is 1. The number of nitrogens with zero attached hydrogens (tertiary/aromatic N) is 1. The van der Waals surface area contributed by atoms with Crippen molar-refractivity contribution in [3.8, 4) is 11.5 Å². The number of ether oxygens (including phenoxy) is 3. The molecule has 2 amide bonds. The zero-order chi connectivity index (χ0) is 24.2. The Kier molecular flexibility index (Phi) is 7.06. The molecule has 10 heteroatoms. The number of hydrogen-bond acceptors (Lipinski definition) is 6. The number of Topliss-reactive ketones (excluding diaryl/α,β-unsaturated/α-hetero) is 1. The highest BCUT2D eigenvalue weighted by Gasteiger charge is 2.34. The minimum atomic E-state index is -0.925. The lowest BCUT2D eigenvalue weighted by molar-refractivity contribution is -0.127.